The molecule has 1 atom stereocenters. The van der Waals surface area contributed by atoms with E-state index in [1.807, 2.05) is 0 Å². The van der Waals surface area contributed by atoms with Gasteiger partial charge in [-0.15, -0.1) is 0 Å². The summed E-state index contributed by atoms with van der Waals surface area (Å²) in [5, 5.41) is 23.5. The van der Waals surface area contributed by atoms with Crippen LogP contribution in [0.3, 0.4) is 0 Å². The molecular formula is C10H20N2O4. The lowest BCUT2D eigenvalue weighted by Gasteiger charge is -2.27. The first-order chi connectivity index (χ1) is 7.10. The maximum absolute atomic E-state index is 11.6. The molecule has 6 nitrogen and oxygen atoms in total. The van der Waals surface area contributed by atoms with Gasteiger partial charge in [-0.05, 0) is 27.8 Å². The van der Waals surface area contributed by atoms with E-state index < -0.39 is 23.5 Å². The predicted octanol–water partition coefficient (Wildman–Crippen LogP) is -0.674. The van der Waals surface area contributed by atoms with Gasteiger partial charge in [0.25, 0.3) is 0 Å². The number of hydrogen-bond acceptors (Lipinski definition) is 4. The molecule has 0 bridgehead atoms. The van der Waals surface area contributed by atoms with E-state index in [-0.39, 0.29) is 12.5 Å². The lowest BCUT2D eigenvalue weighted by Crippen LogP contribution is -2.54. The summed E-state index contributed by atoms with van der Waals surface area (Å²) in [6.45, 7) is 4.65. The van der Waals surface area contributed by atoms with E-state index in [0.29, 0.717) is 0 Å². The number of rotatable bonds is 6. The van der Waals surface area contributed by atoms with Crippen LogP contribution in [0.15, 0.2) is 0 Å². The first kappa shape index (κ1) is 14.9. The highest BCUT2D eigenvalue weighted by molar-refractivity contribution is 5.85. The molecule has 1 amide bonds. The first-order valence-corrected chi connectivity index (χ1v) is 5.02. The smallest absolute Gasteiger partial charge is 0.306 e. The van der Waals surface area contributed by atoms with Crippen molar-refractivity contribution in [3.63, 3.8) is 0 Å². The number of carboxylic acid groups (broad SMARTS) is 1. The van der Waals surface area contributed by atoms with Gasteiger partial charge in [0.15, 0.2) is 0 Å². The van der Waals surface area contributed by atoms with Crippen molar-refractivity contribution in [1.82, 2.24) is 10.6 Å². The van der Waals surface area contributed by atoms with Gasteiger partial charge in [-0.1, -0.05) is 0 Å². The zero-order chi connectivity index (χ0) is 13.0. The fourth-order valence-corrected chi connectivity index (χ4v) is 0.993. The van der Waals surface area contributed by atoms with Gasteiger partial charge in [-0.2, -0.15) is 0 Å². The Morgan fingerprint density at radius 3 is 2.12 bits per heavy atom. The molecule has 0 saturated heterocycles. The third-order valence-corrected chi connectivity index (χ3v) is 2.35. The summed E-state index contributed by atoms with van der Waals surface area (Å²) in [5.74, 6) is -1.40. The van der Waals surface area contributed by atoms with Gasteiger partial charge in [-0.25, -0.2) is 0 Å². The summed E-state index contributed by atoms with van der Waals surface area (Å²) in [7, 11) is 1.65. The number of aliphatic carboxylic acids is 1. The normalized spacial score (nSPS) is 15.3. The molecule has 0 spiro atoms. The second kappa shape index (κ2) is 5.27. The molecule has 4 N–H and O–H groups in total. The van der Waals surface area contributed by atoms with Gasteiger partial charge >= 0.3 is 5.97 Å². The first-order valence-electron chi connectivity index (χ1n) is 5.02. The Kier molecular flexibility index (Phi) is 4.89. The Morgan fingerprint density at radius 2 is 1.75 bits per heavy atom. The number of likely N-dealkylation sites (N-methyl/N-ethyl adjacent to an activating group) is 1. The standard InChI is InChI=1S/C10H20N2O4/c1-9(2,11-4)8(15)12-6-10(3,16)5-7(13)14/h11,16H,5-6H2,1-4H3,(H,12,15)(H,13,14). The molecular weight excluding hydrogens is 212 g/mol. The van der Waals surface area contributed by atoms with Crippen molar-refractivity contribution in [2.45, 2.75) is 38.3 Å². The van der Waals surface area contributed by atoms with Crippen LogP contribution in [-0.2, 0) is 9.59 Å². The Balaban J connectivity index is 4.25. The number of amides is 1. The molecule has 0 aromatic carbocycles. The largest absolute Gasteiger partial charge is 0.481 e. The van der Waals surface area contributed by atoms with Crippen LogP contribution in [0.1, 0.15) is 27.2 Å². The summed E-state index contributed by atoms with van der Waals surface area (Å²) in [6, 6.07) is 0. The highest BCUT2D eigenvalue weighted by Gasteiger charge is 2.29. The number of carbonyl (C=O) groups is 2. The van der Waals surface area contributed by atoms with Crippen LogP contribution in [0.4, 0.5) is 0 Å². The molecule has 6 heteroatoms. The lowest BCUT2D eigenvalue weighted by molar-refractivity contribution is -0.142. The summed E-state index contributed by atoms with van der Waals surface area (Å²) in [4.78, 5) is 22.0. The minimum Gasteiger partial charge on any atom is -0.481 e. The van der Waals surface area contributed by atoms with Crippen molar-refractivity contribution >= 4 is 11.9 Å². The summed E-state index contributed by atoms with van der Waals surface area (Å²) in [6.07, 6.45) is -0.409. The third kappa shape index (κ3) is 5.09. The van der Waals surface area contributed by atoms with Crippen molar-refractivity contribution in [1.29, 1.82) is 0 Å². The summed E-state index contributed by atoms with van der Waals surface area (Å²) in [5.41, 5.74) is -2.19. The van der Waals surface area contributed by atoms with Crippen molar-refractivity contribution in [2.24, 2.45) is 0 Å². The highest BCUT2D eigenvalue weighted by Crippen LogP contribution is 2.08. The van der Waals surface area contributed by atoms with Crippen molar-refractivity contribution in [3.8, 4) is 0 Å². The van der Waals surface area contributed by atoms with Crippen LogP contribution >= 0.6 is 0 Å². The number of carboxylic acids is 1. The number of hydrogen-bond donors (Lipinski definition) is 4. The van der Waals surface area contributed by atoms with Crippen molar-refractivity contribution in [3.05, 3.63) is 0 Å². The molecule has 1 unspecified atom stereocenters. The van der Waals surface area contributed by atoms with Crippen molar-refractivity contribution in [2.75, 3.05) is 13.6 Å². The zero-order valence-corrected chi connectivity index (χ0v) is 10.1. The van der Waals surface area contributed by atoms with Crippen LogP contribution < -0.4 is 10.6 Å². The second-order valence-corrected chi connectivity index (χ2v) is 4.63. The van der Waals surface area contributed by atoms with Crippen LogP contribution in [0.2, 0.25) is 0 Å². The zero-order valence-electron chi connectivity index (χ0n) is 10.1. The Bertz CT molecular complexity index is 274. The van der Waals surface area contributed by atoms with Gasteiger partial charge in [0, 0.05) is 6.54 Å². The fourth-order valence-electron chi connectivity index (χ4n) is 0.993. The molecule has 0 fully saturated rings. The molecule has 0 aliphatic rings. The topological polar surface area (TPSA) is 98.7 Å². The minimum atomic E-state index is -1.44. The summed E-state index contributed by atoms with van der Waals surface area (Å²) < 4.78 is 0. The van der Waals surface area contributed by atoms with Crippen LogP contribution in [0.25, 0.3) is 0 Å². The average Bonchev–Trinajstić information content (AvgIpc) is 2.12. The van der Waals surface area contributed by atoms with Crippen LogP contribution in [0, 0.1) is 0 Å². The van der Waals surface area contributed by atoms with Gasteiger partial charge in [0.2, 0.25) is 5.91 Å². The van der Waals surface area contributed by atoms with E-state index in [2.05, 4.69) is 10.6 Å². The van der Waals surface area contributed by atoms with E-state index >= 15 is 0 Å². The van der Waals surface area contributed by atoms with Crippen LogP contribution in [-0.4, -0.2) is 46.8 Å². The lowest BCUT2D eigenvalue weighted by atomic mass is 10.0. The van der Waals surface area contributed by atoms with E-state index in [4.69, 9.17) is 5.11 Å². The molecule has 0 heterocycles. The Hall–Kier alpha value is -1.14. The Labute approximate surface area is 95.0 Å². The van der Waals surface area contributed by atoms with Gasteiger partial charge in [0.05, 0.1) is 17.6 Å². The molecule has 16 heavy (non-hydrogen) atoms. The van der Waals surface area contributed by atoms with Gasteiger partial charge in [-0.3, -0.25) is 9.59 Å². The quantitative estimate of drug-likeness (QED) is 0.486. The Morgan fingerprint density at radius 1 is 1.25 bits per heavy atom. The number of carbonyl (C=O) groups excluding carboxylic acids is 1. The molecule has 0 radical (unpaired) electrons. The molecule has 0 aromatic rings. The third-order valence-electron chi connectivity index (χ3n) is 2.35. The van der Waals surface area contributed by atoms with E-state index in [0.717, 1.165) is 0 Å². The second-order valence-electron chi connectivity index (χ2n) is 4.63. The van der Waals surface area contributed by atoms with Gasteiger partial charge in [0.1, 0.15) is 0 Å². The molecule has 94 valence electrons. The van der Waals surface area contributed by atoms with Gasteiger partial charge < -0.3 is 20.8 Å². The monoisotopic (exact) mass is 232 g/mol. The molecule has 0 aliphatic heterocycles. The predicted molar refractivity (Wildman–Crippen MR) is 59.0 cm³/mol. The maximum atomic E-state index is 11.6. The maximum Gasteiger partial charge on any atom is 0.306 e. The number of nitrogens with one attached hydrogen (secondary N) is 2. The summed E-state index contributed by atoms with van der Waals surface area (Å²) >= 11 is 0. The minimum absolute atomic E-state index is 0.0940. The molecule has 0 aromatic heterocycles. The van der Waals surface area contributed by atoms with E-state index in [1.165, 1.54) is 6.92 Å². The van der Waals surface area contributed by atoms with E-state index in [9.17, 15) is 14.7 Å². The highest BCUT2D eigenvalue weighted by atomic mass is 16.4. The average molecular weight is 232 g/mol. The SMILES string of the molecule is CNC(C)(C)C(=O)NCC(C)(O)CC(=O)O. The fraction of sp³-hybridized carbons (Fsp3) is 0.800. The van der Waals surface area contributed by atoms with Crippen molar-refractivity contribution < 1.29 is 19.8 Å². The van der Waals surface area contributed by atoms with E-state index in [1.54, 1.807) is 20.9 Å². The molecule has 0 saturated carbocycles. The number of aliphatic hydroxyl groups is 1. The van der Waals surface area contributed by atoms with Crippen LogP contribution in [0.5, 0.6) is 0 Å². The molecule has 0 rings (SSSR count). The molecule has 0 aliphatic carbocycles.